The summed E-state index contributed by atoms with van der Waals surface area (Å²) in [6.07, 6.45) is -2.86. The molecule has 0 saturated heterocycles. The van der Waals surface area contributed by atoms with E-state index in [2.05, 4.69) is 15.2 Å². The summed E-state index contributed by atoms with van der Waals surface area (Å²) in [6, 6.07) is 8.03. The molecule has 7 nitrogen and oxygen atoms in total. The highest BCUT2D eigenvalue weighted by atomic mass is 19.4. The van der Waals surface area contributed by atoms with E-state index in [9.17, 15) is 18.0 Å². The van der Waals surface area contributed by atoms with Crippen molar-refractivity contribution in [2.45, 2.75) is 19.6 Å². The number of fused-ring (bicyclic) bond motifs is 1. The summed E-state index contributed by atoms with van der Waals surface area (Å²) in [5, 5.41) is 7.85. The van der Waals surface area contributed by atoms with Gasteiger partial charge in [-0.1, -0.05) is 17.3 Å². The van der Waals surface area contributed by atoms with Gasteiger partial charge in [0.05, 0.1) is 5.56 Å². The fourth-order valence-corrected chi connectivity index (χ4v) is 2.68. The Bertz CT molecular complexity index is 1170. The van der Waals surface area contributed by atoms with Crippen LogP contribution < -0.4 is 5.69 Å². The molecule has 0 spiro atoms. The zero-order valence-corrected chi connectivity index (χ0v) is 13.9. The number of aryl methyl sites for hydroxylation is 1. The van der Waals surface area contributed by atoms with Gasteiger partial charge >= 0.3 is 11.9 Å². The smallest absolute Gasteiger partial charge is 0.337 e. The Morgan fingerprint density at radius 3 is 2.41 bits per heavy atom. The molecule has 0 radical (unpaired) electrons. The number of halogens is 3. The summed E-state index contributed by atoms with van der Waals surface area (Å²) in [5.74, 6) is 0.701. The van der Waals surface area contributed by atoms with Crippen LogP contribution in [0.2, 0.25) is 0 Å². The highest BCUT2D eigenvalue weighted by Crippen LogP contribution is 2.30. The first-order valence-electron chi connectivity index (χ1n) is 7.87. The SMILES string of the molecule is Cc1noc(Cn2nc3ccc(-c4ccc(C(F)(F)F)cc4)cn3c2=O)n1. The number of hydrogen-bond donors (Lipinski definition) is 0. The van der Waals surface area contributed by atoms with Crippen LogP contribution >= 0.6 is 0 Å². The van der Waals surface area contributed by atoms with Crippen molar-refractivity contribution in [3.63, 3.8) is 0 Å². The lowest BCUT2D eigenvalue weighted by molar-refractivity contribution is -0.137. The summed E-state index contributed by atoms with van der Waals surface area (Å²) in [7, 11) is 0. The third-order valence-corrected chi connectivity index (χ3v) is 3.98. The Morgan fingerprint density at radius 2 is 1.78 bits per heavy atom. The molecule has 0 aliphatic heterocycles. The molecule has 0 bridgehead atoms. The standard InChI is InChI=1S/C17H12F3N5O2/c1-10-21-15(27-23-10)9-25-16(26)24-8-12(4-7-14(24)22-25)11-2-5-13(6-3-11)17(18,19)20/h2-8H,9H2,1H3. The second kappa shape index (κ2) is 6.08. The van der Waals surface area contributed by atoms with Gasteiger partial charge in [0, 0.05) is 6.20 Å². The molecule has 138 valence electrons. The molecule has 27 heavy (non-hydrogen) atoms. The third kappa shape index (κ3) is 3.21. The van der Waals surface area contributed by atoms with E-state index in [4.69, 9.17) is 4.52 Å². The van der Waals surface area contributed by atoms with Crippen molar-refractivity contribution in [1.82, 2.24) is 24.3 Å². The molecular formula is C17H12F3N5O2. The van der Waals surface area contributed by atoms with Crippen molar-refractivity contribution in [2.75, 3.05) is 0 Å². The lowest BCUT2D eigenvalue weighted by Crippen LogP contribution is -2.21. The van der Waals surface area contributed by atoms with Gasteiger partial charge in [-0.05, 0) is 42.3 Å². The molecule has 0 atom stereocenters. The van der Waals surface area contributed by atoms with Gasteiger partial charge in [-0.25, -0.2) is 13.9 Å². The Labute approximate surface area is 149 Å². The highest BCUT2D eigenvalue weighted by Gasteiger charge is 2.30. The number of alkyl halides is 3. The predicted octanol–water partition coefficient (Wildman–Crippen LogP) is 2.92. The van der Waals surface area contributed by atoms with Crippen LogP contribution in [0.1, 0.15) is 17.3 Å². The third-order valence-electron chi connectivity index (χ3n) is 3.98. The quantitative estimate of drug-likeness (QED) is 0.550. The van der Waals surface area contributed by atoms with Gasteiger partial charge in [-0.3, -0.25) is 0 Å². The van der Waals surface area contributed by atoms with Crippen molar-refractivity contribution >= 4 is 5.65 Å². The topological polar surface area (TPSA) is 78.2 Å². The Balaban J connectivity index is 1.70. The Morgan fingerprint density at radius 1 is 1.07 bits per heavy atom. The Kier molecular flexibility index (Phi) is 3.83. The largest absolute Gasteiger partial charge is 0.416 e. The lowest BCUT2D eigenvalue weighted by Gasteiger charge is -2.07. The molecule has 0 N–H and O–H groups in total. The molecule has 4 aromatic rings. The fraction of sp³-hybridized carbons (Fsp3) is 0.176. The van der Waals surface area contributed by atoms with Crippen LogP contribution in [0.4, 0.5) is 13.2 Å². The van der Waals surface area contributed by atoms with Crippen molar-refractivity contribution in [2.24, 2.45) is 0 Å². The first-order valence-corrected chi connectivity index (χ1v) is 7.87. The average Bonchev–Trinajstić information content (AvgIpc) is 3.18. The maximum absolute atomic E-state index is 12.7. The molecule has 3 aromatic heterocycles. The second-order valence-corrected chi connectivity index (χ2v) is 5.90. The minimum absolute atomic E-state index is 0.0248. The molecule has 4 rings (SSSR count). The van der Waals surface area contributed by atoms with E-state index in [-0.39, 0.29) is 12.4 Å². The van der Waals surface area contributed by atoms with Gasteiger partial charge in [0.15, 0.2) is 11.5 Å². The van der Waals surface area contributed by atoms with Crippen LogP contribution in [0.15, 0.2) is 51.9 Å². The summed E-state index contributed by atoms with van der Waals surface area (Å²) in [6.45, 7) is 1.69. The monoisotopic (exact) mass is 375 g/mol. The first-order chi connectivity index (χ1) is 12.8. The number of rotatable bonds is 3. The van der Waals surface area contributed by atoms with E-state index in [1.165, 1.54) is 27.4 Å². The van der Waals surface area contributed by atoms with Crippen molar-refractivity contribution in [1.29, 1.82) is 0 Å². The normalized spacial score (nSPS) is 12.0. The lowest BCUT2D eigenvalue weighted by atomic mass is 10.1. The Hall–Kier alpha value is -3.43. The predicted molar refractivity (Wildman–Crippen MR) is 88.0 cm³/mol. The number of aromatic nitrogens is 5. The van der Waals surface area contributed by atoms with Crippen LogP contribution in [0.3, 0.4) is 0 Å². The van der Waals surface area contributed by atoms with Gasteiger partial charge in [0.2, 0.25) is 5.89 Å². The van der Waals surface area contributed by atoms with E-state index >= 15 is 0 Å². The molecule has 1 aromatic carbocycles. The summed E-state index contributed by atoms with van der Waals surface area (Å²) >= 11 is 0. The molecule has 0 amide bonds. The van der Waals surface area contributed by atoms with Gasteiger partial charge in [-0.15, -0.1) is 5.10 Å². The second-order valence-electron chi connectivity index (χ2n) is 5.90. The molecule has 0 fully saturated rings. The van der Waals surface area contributed by atoms with E-state index in [1.807, 2.05) is 0 Å². The molecule has 0 aliphatic carbocycles. The molecule has 0 saturated carbocycles. The number of nitrogens with zero attached hydrogens (tertiary/aromatic N) is 5. The maximum atomic E-state index is 12.7. The van der Waals surface area contributed by atoms with Crippen LogP contribution in [0.5, 0.6) is 0 Å². The summed E-state index contributed by atoms with van der Waals surface area (Å²) in [5.41, 5.74) is 0.386. The highest BCUT2D eigenvalue weighted by molar-refractivity contribution is 5.64. The minimum atomic E-state index is -4.40. The number of benzene rings is 1. The van der Waals surface area contributed by atoms with Gasteiger partial charge in [0.25, 0.3) is 0 Å². The molecule has 3 heterocycles. The van der Waals surface area contributed by atoms with E-state index in [0.717, 1.165) is 12.1 Å². The number of hydrogen-bond acceptors (Lipinski definition) is 5. The zero-order chi connectivity index (χ0) is 19.2. The maximum Gasteiger partial charge on any atom is 0.416 e. The van der Waals surface area contributed by atoms with E-state index in [0.29, 0.717) is 22.6 Å². The van der Waals surface area contributed by atoms with Crippen LogP contribution in [0.25, 0.3) is 16.8 Å². The molecular weight excluding hydrogens is 363 g/mol. The van der Waals surface area contributed by atoms with Crippen LogP contribution in [-0.4, -0.2) is 24.3 Å². The molecule has 0 unspecified atom stereocenters. The van der Waals surface area contributed by atoms with Gasteiger partial charge in [-0.2, -0.15) is 18.2 Å². The molecule has 0 aliphatic rings. The summed E-state index contributed by atoms with van der Waals surface area (Å²) < 4.78 is 45.6. The van der Waals surface area contributed by atoms with Crippen LogP contribution in [-0.2, 0) is 12.7 Å². The minimum Gasteiger partial charge on any atom is -0.337 e. The fourth-order valence-electron chi connectivity index (χ4n) is 2.68. The van der Waals surface area contributed by atoms with E-state index < -0.39 is 17.4 Å². The number of pyridine rings is 1. The van der Waals surface area contributed by atoms with Gasteiger partial charge in [0.1, 0.15) is 6.54 Å². The van der Waals surface area contributed by atoms with E-state index in [1.54, 1.807) is 19.1 Å². The summed E-state index contributed by atoms with van der Waals surface area (Å²) in [4.78, 5) is 16.6. The molecule has 10 heteroatoms. The average molecular weight is 375 g/mol. The van der Waals surface area contributed by atoms with Crippen molar-refractivity contribution < 1.29 is 17.7 Å². The van der Waals surface area contributed by atoms with Gasteiger partial charge < -0.3 is 4.52 Å². The van der Waals surface area contributed by atoms with Crippen molar-refractivity contribution in [3.8, 4) is 11.1 Å². The van der Waals surface area contributed by atoms with Crippen LogP contribution in [0, 0.1) is 6.92 Å². The zero-order valence-electron chi connectivity index (χ0n) is 13.9. The van der Waals surface area contributed by atoms with Crippen molar-refractivity contribution in [3.05, 3.63) is 70.4 Å². The first kappa shape index (κ1) is 17.0.